The Morgan fingerprint density at radius 2 is 1.62 bits per heavy atom. The predicted molar refractivity (Wildman–Crippen MR) is 101 cm³/mol. The summed E-state index contributed by atoms with van der Waals surface area (Å²) in [5, 5.41) is 0. The van der Waals surface area contributed by atoms with Gasteiger partial charge in [0.25, 0.3) is 0 Å². The number of thiophene rings is 2. The third-order valence-corrected chi connectivity index (χ3v) is 8.27. The minimum Gasteiger partial charge on any atom is -0.383 e. The summed E-state index contributed by atoms with van der Waals surface area (Å²) in [6.45, 7) is 1.47. The molecule has 4 rings (SSSR count). The third-order valence-electron chi connectivity index (χ3n) is 2.97. The van der Waals surface area contributed by atoms with Gasteiger partial charge < -0.3 is 11.5 Å². The van der Waals surface area contributed by atoms with Crippen LogP contribution in [0.4, 0.5) is 0 Å². The molecule has 0 aromatic carbocycles. The molecule has 0 saturated heterocycles. The molecule has 110 valence electrons. The average Bonchev–Trinajstić information content (AvgIpc) is 3.14. The number of hydrogen-bond donors (Lipinski definition) is 2. The summed E-state index contributed by atoms with van der Waals surface area (Å²) in [5.74, 6) is 1.35. The van der Waals surface area contributed by atoms with E-state index in [1.807, 2.05) is 0 Å². The Bertz CT molecular complexity index is 776. The van der Waals surface area contributed by atoms with Gasteiger partial charge in [0.2, 0.25) is 0 Å². The number of fused-ring (bicyclic) bond motifs is 2. The van der Waals surface area contributed by atoms with Crippen molar-refractivity contribution in [1.82, 2.24) is 0 Å². The predicted octanol–water partition coefficient (Wildman–Crippen LogP) is 4.22. The van der Waals surface area contributed by atoms with Crippen molar-refractivity contribution in [2.24, 2.45) is 21.5 Å². The minimum absolute atomic E-state index is 0.663. The van der Waals surface area contributed by atoms with Crippen LogP contribution in [0.15, 0.2) is 28.1 Å². The van der Waals surface area contributed by atoms with E-state index in [4.69, 9.17) is 11.5 Å². The van der Waals surface area contributed by atoms with E-state index in [1.165, 1.54) is 11.1 Å². The highest BCUT2D eigenvalue weighted by atomic mass is 79.9. The van der Waals surface area contributed by atoms with Crippen LogP contribution >= 0.6 is 70.5 Å². The van der Waals surface area contributed by atoms with E-state index in [0.29, 0.717) is 18.2 Å². The second kappa shape index (κ2) is 6.11. The molecule has 0 amide bonds. The molecule has 2 aromatic heterocycles. The quantitative estimate of drug-likeness (QED) is 0.554. The molecule has 9 heteroatoms. The highest BCUT2D eigenvalue weighted by Crippen LogP contribution is 2.39. The first-order valence-electron chi connectivity index (χ1n) is 5.82. The number of aliphatic imine (C=N–C) groups is 2. The molecular formula is C12H9Br3N4S2. The number of nitrogens with zero attached hydrogens (tertiary/aromatic N) is 2. The van der Waals surface area contributed by atoms with Crippen LogP contribution in [0.5, 0.6) is 0 Å². The number of amidine groups is 2. The van der Waals surface area contributed by atoms with Crippen molar-refractivity contribution >= 4 is 82.1 Å². The lowest BCUT2D eigenvalue weighted by molar-refractivity contribution is 1.10. The first kappa shape index (κ1) is 15.7. The Morgan fingerprint density at radius 1 is 0.952 bits per heavy atom. The first-order valence-corrected chi connectivity index (χ1v) is 9.84. The van der Waals surface area contributed by atoms with Crippen molar-refractivity contribution < 1.29 is 0 Å². The standard InChI is InChI=1S/C6H4Br2N2S.C6H5BrN2S/c7-3-2-1-10-6(9)4(2)11-5(3)8;7-4-1-3-2-9-6(8)5(3)10-4/h1H2,(H2,9,10);1H,2H2,(H2,8,9). The molecule has 0 spiro atoms. The van der Waals surface area contributed by atoms with Crippen LogP contribution in [-0.2, 0) is 13.1 Å². The Kier molecular flexibility index (Phi) is 4.56. The maximum absolute atomic E-state index is 5.65. The van der Waals surface area contributed by atoms with Crippen LogP contribution in [0.1, 0.15) is 20.9 Å². The molecule has 0 radical (unpaired) electrons. The van der Waals surface area contributed by atoms with E-state index in [-0.39, 0.29) is 0 Å². The Balaban J connectivity index is 0.000000126. The van der Waals surface area contributed by atoms with Crippen molar-refractivity contribution in [3.05, 3.63) is 39.0 Å². The smallest absolute Gasteiger partial charge is 0.136 e. The monoisotopic (exact) mass is 510 g/mol. The molecule has 0 fully saturated rings. The third kappa shape index (κ3) is 2.98. The van der Waals surface area contributed by atoms with Crippen molar-refractivity contribution in [3.8, 4) is 0 Å². The van der Waals surface area contributed by atoms with Gasteiger partial charge in [-0.2, -0.15) is 0 Å². The van der Waals surface area contributed by atoms with Gasteiger partial charge in [0.05, 0.1) is 30.4 Å². The van der Waals surface area contributed by atoms with E-state index in [1.54, 1.807) is 22.7 Å². The minimum atomic E-state index is 0.663. The number of hydrogen-bond acceptors (Lipinski definition) is 6. The van der Waals surface area contributed by atoms with Crippen molar-refractivity contribution in [3.63, 3.8) is 0 Å². The highest BCUT2D eigenvalue weighted by molar-refractivity contribution is 9.13. The van der Waals surface area contributed by atoms with E-state index in [2.05, 4.69) is 63.8 Å². The van der Waals surface area contributed by atoms with E-state index in [0.717, 1.165) is 28.3 Å². The fourth-order valence-electron chi connectivity index (χ4n) is 1.97. The fraction of sp³-hybridized carbons (Fsp3) is 0.167. The van der Waals surface area contributed by atoms with Crippen LogP contribution in [0.2, 0.25) is 0 Å². The summed E-state index contributed by atoms with van der Waals surface area (Å²) in [5.41, 5.74) is 13.7. The molecule has 0 saturated carbocycles. The average molecular weight is 513 g/mol. The molecule has 4 nitrogen and oxygen atoms in total. The lowest BCUT2D eigenvalue weighted by Crippen LogP contribution is -2.07. The molecule has 2 aliphatic heterocycles. The summed E-state index contributed by atoms with van der Waals surface area (Å²) < 4.78 is 3.33. The summed E-state index contributed by atoms with van der Waals surface area (Å²) >= 11 is 13.6. The zero-order valence-electron chi connectivity index (χ0n) is 10.5. The summed E-state index contributed by atoms with van der Waals surface area (Å²) in [4.78, 5) is 10.4. The molecule has 0 bridgehead atoms. The molecule has 0 aliphatic carbocycles. The molecular weight excluding hydrogens is 504 g/mol. The first-order chi connectivity index (χ1) is 9.97. The second-order valence-electron chi connectivity index (χ2n) is 4.31. The molecule has 4 N–H and O–H groups in total. The van der Waals surface area contributed by atoms with Gasteiger partial charge in [0.1, 0.15) is 11.7 Å². The SMILES string of the molecule is NC1=NCc2c1sc(Br)c2Br.NC1=NCc2cc(Br)sc21. The molecule has 2 aromatic rings. The summed E-state index contributed by atoms with van der Waals surface area (Å²) in [6.07, 6.45) is 0. The van der Waals surface area contributed by atoms with Gasteiger partial charge in [-0.15, -0.1) is 22.7 Å². The van der Waals surface area contributed by atoms with E-state index < -0.39 is 0 Å². The summed E-state index contributed by atoms with van der Waals surface area (Å²) in [7, 11) is 0. The van der Waals surface area contributed by atoms with E-state index in [9.17, 15) is 0 Å². The van der Waals surface area contributed by atoms with Gasteiger partial charge in [0.15, 0.2) is 0 Å². The summed E-state index contributed by atoms with van der Waals surface area (Å²) in [6, 6.07) is 2.07. The molecule has 0 atom stereocenters. The number of rotatable bonds is 0. The number of nitrogens with two attached hydrogens (primary N) is 2. The Morgan fingerprint density at radius 3 is 2.29 bits per heavy atom. The highest BCUT2D eigenvalue weighted by Gasteiger charge is 2.21. The van der Waals surface area contributed by atoms with Crippen LogP contribution in [-0.4, -0.2) is 11.7 Å². The zero-order valence-corrected chi connectivity index (χ0v) is 16.9. The lowest BCUT2D eigenvalue weighted by atomic mass is 10.3. The van der Waals surface area contributed by atoms with Gasteiger partial charge in [-0.3, -0.25) is 9.98 Å². The molecule has 2 aliphatic rings. The van der Waals surface area contributed by atoms with Gasteiger partial charge in [-0.1, -0.05) is 0 Å². The topological polar surface area (TPSA) is 76.8 Å². The van der Waals surface area contributed by atoms with E-state index >= 15 is 0 Å². The van der Waals surface area contributed by atoms with Gasteiger partial charge in [-0.25, -0.2) is 0 Å². The molecule has 0 unspecified atom stereocenters. The van der Waals surface area contributed by atoms with Crippen LogP contribution in [0.25, 0.3) is 0 Å². The normalized spacial score (nSPS) is 15.0. The Hall–Kier alpha value is -0.220. The van der Waals surface area contributed by atoms with Crippen molar-refractivity contribution in [2.45, 2.75) is 13.1 Å². The Labute approximate surface area is 154 Å². The number of halogens is 3. The maximum Gasteiger partial charge on any atom is 0.136 e. The second-order valence-corrected chi connectivity index (χ2v) is 9.87. The van der Waals surface area contributed by atoms with Crippen molar-refractivity contribution in [1.29, 1.82) is 0 Å². The molecule has 4 heterocycles. The maximum atomic E-state index is 5.65. The lowest BCUT2D eigenvalue weighted by Gasteiger charge is -1.86. The molecule has 21 heavy (non-hydrogen) atoms. The van der Waals surface area contributed by atoms with Gasteiger partial charge in [-0.05, 0) is 59.4 Å². The van der Waals surface area contributed by atoms with Gasteiger partial charge in [0, 0.05) is 10.0 Å². The van der Waals surface area contributed by atoms with Gasteiger partial charge >= 0.3 is 0 Å². The largest absolute Gasteiger partial charge is 0.383 e. The van der Waals surface area contributed by atoms with Crippen LogP contribution < -0.4 is 11.5 Å². The van der Waals surface area contributed by atoms with Crippen molar-refractivity contribution in [2.75, 3.05) is 0 Å². The zero-order chi connectivity index (χ0) is 15.1. The van der Waals surface area contributed by atoms with Crippen LogP contribution in [0, 0.1) is 0 Å². The fourth-order valence-corrected chi connectivity index (χ4v) is 5.83. The van der Waals surface area contributed by atoms with Crippen LogP contribution in [0.3, 0.4) is 0 Å².